The minimum atomic E-state index is -5.14. The van der Waals surface area contributed by atoms with Crippen LogP contribution in [0.4, 0.5) is 55.9 Å². The average Bonchev–Trinajstić information content (AvgIpc) is 3.32. The third kappa shape index (κ3) is 8.78. The van der Waals surface area contributed by atoms with Crippen molar-refractivity contribution in [1.29, 1.82) is 0 Å². The van der Waals surface area contributed by atoms with Gasteiger partial charge in [0.2, 0.25) is 0 Å². The Morgan fingerprint density at radius 3 is 2.12 bits per heavy atom. The summed E-state index contributed by atoms with van der Waals surface area (Å²) in [6.07, 6.45) is -16.1. The number of fused-ring (bicyclic) bond motifs is 1. The molecule has 0 saturated heterocycles. The topological polar surface area (TPSA) is 112 Å². The number of nitrogens with two attached hydrogens (primary N) is 1. The van der Waals surface area contributed by atoms with Crippen LogP contribution < -0.4 is 15.7 Å². The van der Waals surface area contributed by atoms with Crippen LogP contribution in [0.2, 0.25) is 0 Å². The number of alkyl halides is 9. The fourth-order valence-corrected chi connectivity index (χ4v) is 5.18. The fourth-order valence-electron chi connectivity index (χ4n) is 5.18. The van der Waals surface area contributed by atoms with Crippen molar-refractivity contribution >= 4 is 17.8 Å². The molecular formula is C29H32F9N7O3. The number of ether oxygens (including phenoxy) is 1. The molecule has 0 saturated carbocycles. The molecule has 1 aromatic heterocycles. The van der Waals surface area contributed by atoms with Gasteiger partial charge in [-0.15, -0.1) is 5.10 Å². The van der Waals surface area contributed by atoms with Crippen LogP contribution in [0.3, 0.4) is 0 Å². The molecule has 48 heavy (non-hydrogen) atoms. The third-order valence-electron chi connectivity index (χ3n) is 7.12. The molecule has 19 heteroatoms. The quantitative estimate of drug-likeness (QED) is 0.202. The largest absolute Gasteiger partial charge is 0.533 e. The maximum Gasteiger partial charge on any atom is 0.533 e. The normalized spacial score (nSPS) is 16.0. The van der Waals surface area contributed by atoms with Crippen molar-refractivity contribution in [3.05, 3.63) is 63.7 Å². The van der Waals surface area contributed by atoms with E-state index in [9.17, 15) is 44.3 Å². The van der Waals surface area contributed by atoms with Crippen molar-refractivity contribution in [2.75, 3.05) is 23.1 Å². The number of halogens is 9. The number of carbonyl (C=O) groups excluding carboxylic acids is 1. The zero-order chi connectivity index (χ0) is 35.8. The van der Waals surface area contributed by atoms with Crippen molar-refractivity contribution in [1.82, 2.24) is 20.2 Å². The van der Waals surface area contributed by atoms with E-state index in [1.165, 1.54) is 17.9 Å². The van der Waals surface area contributed by atoms with Crippen LogP contribution in [0.15, 0.2) is 30.3 Å². The van der Waals surface area contributed by atoms with Gasteiger partial charge in [0, 0.05) is 18.7 Å². The van der Waals surface area contributed by atoms with E-state index < -0.39 is 65.1 Å². The first kappa shape index (κ1) is 36.5. The van der Waals surface area contributed by atoms with Crippen LogP contribution in [0.5, 0.6) is 0 Å². The second-order valence-corrected chi connectivity index (χ2v) is 12.1. The number of anilines is 2. The Kier molecular flexibility index (Phi) is 10.1. The number of aryl methyl sites for hydroxylation is 1. The Labute approximate surface area is 268 Å². The van der Waals surface area contributed by atoms with E-state index in [1.807, 2.05) is 0 Å². The van der Waals surface area contributed by atoms with Gasteiger partial charge in [-0.2, -0.15) is 44.3 Å². The summed E-state index contributed by atoms with van der Waals surface area (Å²) in [6.45, 7) is 5.14. The summed E-state index contributed by atoms with van der Waals surface area (Å²) in [5.41, 5.74) is -0.460. The first-order valence-electron chi connectivity index (χ1n) is 14.5. The van der Waals surface area contributed by atoms with Crippen LogP contribution in [0.1, 0.15) is 73.0 Å². The van der Waals surface area contributed by atoms with E-state index in [0.29, 0.717) is 12.1 Å². The van der Waals surface area contributed by atoms with Gasteiger partial charge in [0.05, 0.1) is 41.5 Å². The summed E-state index contributed by atoms with van der Waals surface area (Å²) < 4.78 is 130. The maximum absolute atomic E-state index is 14.1. The second kappa shape index (κ2) is 13.3. The molecule has 0 radical (unpaired) electrons. The lowest BCUT2D eigenvalue weighted by atomic mass is 9.94. The molecule has 0 fully saturated rings. The minimum Gasteiger partial charge on any atom is -0.427 e. The molecule has 0 amide bonds. The standard InChI is InChI=1S/C29H32F9N7O3/c1-16-10-20-22(6-5-8-44(48-25(46)47-26(2,3)4)23(20)14-21(16)29(36,37)38)43(24-40-42-45(41-24)9-7-39)15-17-11-18(27(30,31)32)13-19(12-17)28(33,34)35/h10-14,22H,5-9,15,39H2,1-4H3/t22-/m0/s1. The Balaban J connectivity index is 1.91. The summed E-state index contributed by atoms with van der Waals surface area (Å²) in [4.78, 5) is 20.3. The second-order valence-electron chi connectivity index (χ2n) is 12.1. The smallest absolute Gasteiger partial charge is 0.427 e. The Bertz CT molecular complexity index is 1580. The summed E-state index contributed by atoms with van der Waals surface area (Å²) in [5.74, 6) is -0.246. The number of carbonyl (C=O) groups is 1. The molecule has 4 rings (SSSR count). The summed E-state index contributed by atoms with van der Waals surface area (Å²) in [5, 5.41) is 12.9. The zero-order valence-corrected chi connectivity index (χ0v) is 26.1. The lowest BCUT2D eigenvalue weighted by molar-refractivity contribution is -0.143. The van der Waals surface area contributed by atoms with Gasteiger partial charge in [0.15, 0.2) is 0 Å². The molecule has 1 aliphatic heterocycles. The van der Waals surface area contributed by atoms with Crippen LogP contribution in [-0.4, -0.2) is 45.1 Å². The summed E-state index contributed by atoms with van der Waals surface area (Å²) in [7, 11) is 0. The van der Waals surface area contributed by atoms with Gasteiger partial charge in [0.1, 0.15) is 5.60 Å². The van der Waals surface area contributed by atoms with Crippen molar-refractivity contribution in [2.24, 2.45) is 5.73 Å². The molecule has 0 unspecified atom stereocenters. The predicted octanol–water partition coefficient (Wildman–Crippen LogP) is 7.21. The van der Waals surface area contributed by atoms with E-state index in [0.717, 1.165) is 15.9 Å². The molecule has 0 spiro atoms. The number of rotatable bonds is 7. The number of benzene rings is 2. The van der Waals surface area contributed by atoms with Crippen LogP contribution in [-0.2, 0) is 41.2 Å². The van der Waals surface area contributed by atoms with Crippen molar-refractivity contribution in [2.45, 2.75) is 83.8 Å². The number of tetrazole rings is 1. The SMILES string of the molecule is Cc1cc2c(cc1C(F)(F)F)N(OC(=O)OC(C)(C)C)CCC[C@@H]2N(Cc1cc(C(F)(F)F)cc(C(F)(F)F)c1)c1nnn(CCN)n1. The summed E-state index contributed by atoms with van der Waals surface area (Å²) >= 11 is 0. The number of hydroxylamine groups is 1. The van der Waals surface area contributed by atoms with E-state index >= 15 is 0 Å². The van der Waals surface area contributed by atoms with E-state index in [4.69, 9.17) is 15.3 Å². The minimum absolute atomic E-state index is 0.0154. The highest BCUT2D eigenvalue weighted by Gasteiger charge is 2.40. The van der Waals surface area contributed by atoms with Gasteiger partial charge in [0.25, 0.3) is 5.95 Å². The first-order chi connectivity index (χ1) is 22.1. The molecule has 1 aliphatic rings. The first-order valence-corrected chi connectivity index (χ1v) is 14.5. The summed E-state index contributed by atoms with van der Waals surface area (Å²) in [6, 6.07) is 1.94. The van der Waals surface area contributed by atoms with Gasteiger partial charge in [-0.1, -0.05) is 11.2 Å². The van der Waals surface area contributed by atoms with Crippen molar-refractivity contribution in [3.63, 3.8) is 0 Å². The Morgan fingerprint density at radius 2 is 1.58 bits per heavy atom. The Morgan fingerprint density at radius 1 is 0.958 bits per heavy atom. The van der Waals surface area contributed by atoms with Crippen LogP contribution >= 0.6 is 0 Å². The number of nitrogens with zero attached hydrogens (tertiary/aromatic N) is 6. The van der Waals surface area contributed by atoms with E-state index in [1.54, 1.807) is 20.8 Å². The van der Waals surface area contributed by atoms with E-state index in [-0.39, 0.29) is 61.3 Å². The fraction of sp³-hybridized carbons (Fsp3) is 0.517. The molecule has 3 aromatic rings. The molecule has 264 valence electrons. The third-order valence-corrected chi connectivity index (χ3v) is 7.12. The highest BCUT2D eigenvalue weighted by atomic mass is 19.4. The van der Waals surface area contributed by atoms with Gasteiger partial charge in [-0.25, -0.2) is 9.86 Å². The molecule has 1 atom stereocenters. The average molecular weight is 698 g/mol. The van der Waals surface area contributed by atoms with E-state index in [2.05, 4.69) is 15.4 Å². The molecular weight excluding hydrogens is 665 g/mol. The van der Waals surface area contributed by atoms with Crippen molar-refractivity contribution in [3.8, 4) is 0 Å². The molecule has 2 heterocycles. The van der Waals surface area contributed by atoms with Gasteiger partial charge in [-0.05, 0) is 81.1 Å². The van der Waals surface area contributed by atoms with Crippen LogP contribution in [0.25, 0.3) is 0 Å². The lowest BCUT2D eigenvalue weighted by Crippen LogP contribution is -2.33. The monoisotopic (exact) mass is 697 g/mol. The number of hydrogen-bond acceptors (Lipinski definition) is 9. The lowest BCUT2D eigenvalue weighted by Gasteiger charge is -2.33. The molecule has 2 N–H and O–H groups in total. The number of hydrogen-bond donors (Lipinski definition) is 1. The van der Waals surface area contributed by atoms with Crippen LogP contribution in [0, 0.1) is 6.92 Å². The van der Waals surface area contributed by atoms with Gasteiger partial charge in [-0.3, -0.25) is 0 Å². The highest BCUT2D eigenvalue weighted by Crippen LogP contribution is 2.44. The molecule has 2 aromatic carbocycles. The van der Waals surface area contributed by atoms with Gasteiger partial charge < -0.3 is 20.2 Å². The predicted molar refractivity (Wildman–Crippen MR) is 152 cm³/mol. The molecule has 0 aliphatic carbocycles. The Hall–Kier alpha value is -4.29. The highest BCUT2D eigenvalue weighted by molar-refractivity contribution is 5.66. The zero-order valence-electron chi connectivity index (χ0n) is 26.1. The maximum atomic E-state index is 14.1. The molecule has 0 bridgehead atoms. The number of aromatic nitrogens is 4. The molecule has 10 nitrogen and oxygen atoms in total. The van der Waals surface area contributed by atoms with Gasteiger partial charge >= 0.3 is 24.7 Å². The van der Waals surface area contributed by atoms with Crippen molar-refractivity contribution < 1.29 is 53.9 Å².